The van der Waals surface area contributed by atoms with Crippen molar-refractivity contribution in [1.29, 1.82) is 10.5 Å². The van der Waals surface area contributed by atoms with E-state index in [9.17, 15) is 5.26 Å². The average molecular weight is 240 g/mol. The van der Waals surface area contributed by atoms with Crippen molar-refractivity contribution in [3.05, 3.63) is 41.2 Å². The van der Waals surface area contributed by atoms with E-state index in [2.05, 4.69) is 12.1 Å². The number of nitriles is 2. The van der Waals surface area contributed by atoms with E-state index in [4.69, 9.17) is 5.26 Å². The second-order valence-electron chi connectivity index (χ2n) is 4.29. The summed E-state index contributed by atoms with van der Waals surface area (Å²) in [4.78, 5) is 3.80. The fourth-order valence-corrected chi connectivity index (χ4v) is 1.80. The van der Waals surface area contributed by atoms with E-state index in [1.165, 1.54) is 0 Å². The molecule has 0 atom stereocenters. The third-order valence-corrected chi connectivity index (χ3v) is 2.49. The number of allylic oxidation sites excluding steroid dienone is 1. The van der Waals surface area contributed by atoms with E-state index in [1.807, 2.05) is 38.0 Å². The third kappa shape index (κ3) is 2.81. The van der Waals surface area contributed by atoms with Crippen molar-refractivity contribution in [1.82, 2.24) is 9.80 Å². The van der Waals surface area contributed by atoms with Crippen LogP contribution in [0.4, 0.5) is 0 Å². The number of benzene rings is 1. The molecule has 1 rings (SSSR count). The highest BCUT2D eigenvalue weighted by atomic mass is 15.3. The molecular formula is C14H16N4. The quantitative estimate of drug-likeness (QED) is 0.757. The third-order valence-electron chi connectivity index (χ3n) is 2.49. The van der Waals surface area contributed by atoms with Gasteiger partial charge in [0.05, 0.1) is 17.2 Å². The summed E-state index contributed by atoms with van der Waals surface area (Å²) in [6, 6.07) is 11.3. The Morgan fingerprint density at radius 3 is 1.78 bits per heavy atom. The van der Waals surface area contributed by atoms with Crippen LogP contribution in [0, 0.1) is 22.7 Å². The zero-order valence-electron chi connectivity index (χ0n) is 11.1. The number of nitrogens with zero attached hydrogens (tertiary/aromatic N) is 4. The molecule has 18 heavy (non-hydrogen) atoms. The number of hydrogen-bond acceptors (Lipinski definition) is 4. The molecule has 92 valence electrons. The largest absolute Gasteiger partial charge is 0.363 e. The summed E-state index contributed by atoms with van der Waals surface area (Å²) >= 11 is 0. The fourth-order valence-electron chi connectivity index (χ4n) is 1.80. The van der Waals surface area contributed by atoms with Gasteiger partial charge in [-0.05, 0) is 17.7 Å². The molecule has 0 fully saturated rings. The Hall–Kier alpha value is -2.46. The monoisotopic (exact) mass is 240 g/mol. The zero-order chi connectivity index (χ0) is 13.7. The van der Waals surface area contributed by atoms with E-state index in [-0.39, 0.29) is 0 Å². The molecule has 4 heteroatoms. The molecule has 0 spiro atoms. The van der Waals surface area contributed by atoms with E-state index >= 15 is 0 Å². The van der Waals surface area contributed by atoms with Gasteiger partial charge in [-0.3, -0.25) is 0 Å². The second kappa shape index (κ2) is 5.75. The van der Waals surface area contributed by atoms with Gasteiger partial charge in [-0.1, -0.05) is 12.1 Å². The van der Waals surface area contributed by atoms with Gasteiger partial charge >= 0.3 is 0 Å². The summed E-state index contributed by atoms with van der Waals surface area (Å²) in [5.74, 6) is 0.835. The van der Waals surface area contributed by atoms with Crippen molar-refractivity contribution in [2.24, 2.45) is 0 Å². The van der Waals surface area contributed by atoms with Gasteiger partial charge in [0.1, 0.15) is 11.9 Å². The Balaban J connectivity index is 3.36. The highest BCUT2D eigenvalue weighted by Crippen LogP contribution is 2.21. The molecule has 0 aliphatic heterocycles. The maximum Gasteiger partial charge on any atom is 0.122 e. The Morgan fingerprint density at radius 1 is 0.944 bits per heavy atom. The molecule has 1 aromatic carbocycles. The zero-order valence-corrected chi connectivity index (χ0v) is 11.1. The standard InChI is InChI=1S/C14H16N4/c1-17(2)14(18(3)4)13(10-16)12-7-5-11(9-15)6-8-12/h5-8H,1-4H3. The van der Waals surface area contributed by atoms with Gasteiger partial charge in [-0.15, -0.1) is 0 Å². The van der Waals surface area contributed by atoms with Crippen LogP contribution >= 0.6 is 0 Å². The molecule has 0 unspecified atom stereocenters. The lowest BCUT2D eigenvalue weighted by atomic mass is 10.0. The molecule has 4 nitrogen and oxygen atoms in total. The molecule has 0 saturated heterocycles. The molecule has 0 aliphatic carbocycles. The van der Waals surface area contributed by atoms with Crippen molar-refractivity contribution >= 4 is 5.57 Å². The average Bonchev–Trinajstić information content (AvgIpc) is 2.35. The lowest BCUT2D eigenvalue weighted by Gasteiger charge is -2.26. The summed E-state index contributed by atoms with van der Waals surface area (Å²) in [5, 5.41) is 18.1. The first-order valence-electron chi connectivity index (χ1n) is 5.50. The van der Waals surface area contributed by atoms with E-state index < -0.39 is 0 Å². The lowest BCUT2D eigenvalue weighted by Crippen LogP contribution is -2.26. The van der Waals surface area contributed by atoms with Crippen molar-refractivity contribution < 1.29 is 0 Å². The predicted octanol–water partition coefficient (Wildman–Crippen LogP) is 1.87. The van der Waals surface area contributed by atoms with E-state index in [0.29, 0.717) is 11.1 Å². The molecule has 0 aliphatic rings. The van der Waals surface area contributed by atoms with Gasteiger partial charge in [0, 0.05) is 28.2 Å². The van der Waals surface area contributed by atoms with Crippen molar-refractivity contribution in [3.8, 4) is 12.1 Å². The first-order valence-corrected chi connectivity index (χ1v) is 5.50. The van der Waals surface area contributed by atoms with Crippen LogP contribution in [-0.2, 0) is 0 Å². The van der Waals surface area contributed by atoms with Gasteiger partial charge < -0.3 is 9.80 Å². The minimum Gasteiger partial charge on any atom is -0.363 e. The highest BCUT2D eigenvalue weighted by molar-refractivity contribution is 5.78. The molecule has 0 radical (unpaired) electrons. The summed E-state index contributed by atoms with van der Waals surface area (Å²) in [5.41, 5.74) is 2.00. The van der Waals surface area contributed by atoms with Crippen LogP contribution in [0.15, 0.2) is 30.1 Å². The number of rotatable bonds is 3. The molecule has 1 aromatic rings. The fraction of sp³-hybridized carbons (Fsp3) is 0.286. The van der Waals surface area contributed by atoms with Crippen LogP contribution in [0.25, 0.3) is 5.57 Å². The Morgan fingerprint density at radius 2 is 1.44 bits per heavy atom. The molecular weight excluding hydrogens is 224 g/mol. The summed E-state index contributed by atoms with van der Waals surface area (Å²) in [7, 11) is 7.60. The number of hydrogen-bond donors (Lipinski definition) is 0. The first kappa shape index (κ1) is 13.6. The summed E-state index contributed by atoms with van der Waals surface area (Å²) in [6.45, 7) is 0. The van der Waals surface area contributed by atoms with Crippen LogP contribution in [0.5, 0.6) is 0 Å². The van der Waals surface area contributed by atoms with Crippen LogP contribution in [0.3, 0.4) is 0 Å². The molecule has 0 heterocycles. The maximum absolute atomic E-state index is 9.35. The highest BCUT2D eigenvalue weighted by Gasteiger charge is 2.13. The van der Waals surface area contributed by atoms with Gasteiger partial charge in [-0.25, -0.2) is 0 Å². The maximum atomic E-state index is 9.35. The minimum atomic E-state index is 0.590. The first-order chi connectivity index (χ1) is 8.51. The summed E-state index contributed by atoms with van der Waals surface area (Å²) < 4.78 is 0. The Kier molecular flexibility index (Phi) is 4.34. The Bertz CT molecular complexity index is 514. The second-order valence-corrected chi connectivity index (χ2v) is 4.29. The topological polar surface area (TPSA) is 54.1 Å². The normalized spacial score (nSPS) is 9.00. The molecule has 0 aromatic heterocycles. The van der Waals surface area contributed by atoms with Crippen LogP contribution in [-0.4, -0.2) is 38.0 Å². The van der Waals surface area contributed by atoms with Gasteiger partial charge in [-0.2, -0.15) is 10.5 Å². The molecule has 0 saturated carbocycles. The SMILES string of the molecule is CN(C)C(=C(C#N)c1ccc(C#N)cc1)N(C)C. The van der Waals surface area contributed by atoms with Crippen molar-refractivity contribution in [2.75, 3.05) is 28.2 Å². The van der Waals surface area contributed by atoms with Crippen LogP contribution in [0.1, 0.15) is 11.1 Å². The lowest BCUT2D eigenvalue weighted by molar-refractivity contribution is 0.346. The van der Waals surface area contributed by atoms with Gasteiger partial charge in [0.2, 0.25) is 0 Å². The predicted molar refractivity (Wildman–Crippen MR) is 71.1 cm³/mol. The Labute approximate surface area is 108 Å². The van der Waals surface area contributed by atoms with E-state index in [0.717, 1.165) is 11.4 Å². The van der Waals surface area contributed by atoms with Gasteiger partial charge in [0.15, 0.2) is 0 Å². The minimum absolute atomic E-state index is 0.590. The molecule has 0 N–H and O–H groups in total. The van der Waals surface area contributed by atoms with Crippen LogP contribution in [0.2, 0.25) is 0 Å². The van der Waals surface area contributed by atoms with Crippen molar-refractivity contribution in [2.45, 2.75) is 0 Å². The smallest absolute Gasteiger partial charge is 0.122 e. The van der Waals surface area contributed by atoms with Crippen molar-refractivity contribution in [3.63, 3.8) is 0 Å². The molecule has 0 bridgehead atoms. The van der Waals surface area contributed by atoms with E-state index in [1.54, 1.807) is 24.3 Å². The van der Waals surface area contributed by atoms with Crippen LogP contribution < -0.4 is 0 Å². The summed E-state index contributed by atoms with van der Waals surface area (Å²) in [6.07, 6.45) is 0. The molecule has 0 amide bonds. The van der Waals surface area contributed by atoms with Gasteiger partial charge in [0.25, 0.3) is 0 Å².